The zero-order valence-corrected chi connectivity index (χ0v) is 7.83. The Morgan fingerprint density at radius 3 is 2.64 bits per heavy atom. The Hall–Kier alpha value is -0.850. The van der Waals surface area contributed by atoms with E-state index >= 15 is 0 Å². The lowest BCUT2D eigenvalue weighted by Crippen LogP contribution is -1.87. The van der Waals surface area contributed by atoms with Gasteiger partial charge in [0.25, 0.3) is 0 Å². The van der Waals surface area contributed by atoms with Gasteiger partial charge in [-0.1, -0.05) is 32.9 Å². The van der Waals surface area contributed by atoms with Crippen molar-refractivity contribution in [2.75, 3.05) is 0 Å². The van der Waals surface area contributed by atoms with Crippen LogP contribution in [-0.2, 0) is 0 Å². The molecule has 0 N–H and O–H groups in total. The highest BCUT2D eigenvalue weighted by molar-refractivity contribution is 5.65. The summed E-state index contributed by atoms with van der Waals surface area (Å²) in [5.41, 5.74) is 1.08. The van der Waals surface area contributed by atoms with E-state index in [1.54, 1.807) is 0 Å². The van der Waals surface area contributed by atoms with Crippen LogP contribution in [0.25, 0.3) is 0 Å². The zero-order valence-electron chi connectivity index (χ0n) is 7.83. The van der Waals surface area contributed by atoms with Crippen LogP contribution < -0.4 is 0 Å². The molecule has 1 rings (SSSR count). The molecular formula is C10H17N. The molecule has 1 nitrogen and oxygen atoms in total. The molecule has 0 radical (unpaired) electrons. The van der Waals surface area contributed by atoms with Crippen molar-refractivity contribution in [1.82, 2.24) is 0 Å². The van der Waals surface area contributed by atoms with Crippen LogP contribution in [0.4, 0.5) is 0 Å². The van der Waals surface area contributed by atoms with E-state index in [9.17, 15) is 0 Å². The molecule has 0 bridgehead atoms. The van der Waals surface area contributed by atoms with Crippen molar-refractivity contribution in [3.8, 4) is 0 Å². The number of hydrogen-bond donors (Lipinski definition) is 0. The molecule has 1 unspecified atom stereocenters. The minimum atomic E-state index is 0.485. The maximum Gasteiger partial charge on any atom is 0.0368 e. The Morgan fingerprint density at radius 1 is 1.36 bits per heavy atom. The topological polar surface area (TPSA) is 12.4 Å². The van der Waals surface area contributed by atoms with Gasteiger partial charge < -0.3 is 0 Å². The standard InChI is InChI=1S/C8H11N.C2H6/c1-7-4-3-5-8(2)9-6-7;1-2/h3-7H,1-2H3;1-2H3. The maximum atomic E-state index is 4.18. The number of allylic oxidation sites excluding steroid dienone is 4. The average Bonchev–Trinajstić information content (AvgIpc) is 2.20. The third-order valence-corrected chi connectivity index (χ3v) is 1.27. The number of aliphatic imine (C=N–C) groups is 1. The van der Waals surface area contributed by atoms with Crippen molar-refractivity contribution in [2.24, 2.45) is 10.9 Å². The second kappa shape index (κ2) is 5.90. The SMILES string of the molecule is CC.CC1=CC=CC(C)C=N1. The number of rotatable bonds is 0. The quantitative estimate of drug-likeness (QED) is 0.504. The molecule has 0 aromatic carbocycles. The van der Waals surface area contributed by atoms with Crippen molar-refractivity contribution < 1.29 is 0 Å². The molecule has 1 heterocycles. The predicted octanol–water partition coefficient (Wildman–Crippen LogP) is 3.19. The molecule has 0 aromatic heterocycles. The highest BCUT2D eigenvalue weighted by atomic mass is 14.7. The molecule has 1 atom stereocenters. The summed E-state index contributed by atoms with van der Waals surface area (Å²) in [6.07, 6.45) is 8.14. The van der Waals surface area contributed by atoms with Crippen LogP contribution in [-0.4, -0.2) is 6.21 Å². The predicted molar refractivity (Wildman–Crippen MR) is 51.9 cm³/mol. The molecular weight excluding hydrogens is 134 g/mol. The van der Waals surface area contributed by atoms with Crippen molar-refractivity contribution in [1.29, 1.82) is 0 Å². The fourth-order valence-electron chi connectivity index (χ4n) is 0.698. The lowest BCUT2D eigenvalue weighted by molar-refractivity contribution is 1.03. The molecule has 0 saturated heterocycles. The molecule has 1 aliphatic rings. The average molecular weight is 151 g/mol. The van der Waals surface area contributed by atoms with Gasteiger partial charge in [-0.2, -0.15) is 0 Å². The number of nitrogens with zero attached hydrogens (tertiary/aromatic N) is 1. The largest absolute Gasteiger partial charge is 0.265 e. The first-order valence-electron chi connectivity index (χ1n) is 4.18. The minimum absolute atomic E-state index is 0.485. The van der Waals surface area contributed by atoms with E-state index in [1.807, 2.05) is 39.1 Å². The molecule has 11 heavy (non-hydrogen) atoms. The molecule has 1 heteroatoms. The number of hydrogen-bond acceptors (Lipinski definition) is 1. The monoisotopic (exact) mass is 151 g/mol. The first kappa shape index (κ1) is 10.2. The highest BCUT2D eigenvalue weighted by Gasteiger charge is 1.92. The first-order valence-corrected chi connectivity index (χ1v) is 4.18. The first-order chi connectivity index (χ1) is 5.29. The smallest absolute Gasteiger partial charge is 0.0368 e. The Balaban J connectivity index is 0.000000461. The van der Waals surface area contributed by atoms with E-state index in [2.05, 4.69) is 18.0 Å². The minimum Gasteiger partial charge on any atom is -0.265 e. The lowest BCUT2D eigenvalue weighted by Gasteiger charge is -1.90. The Kier molecular flexibility index (Phi) is 5.44. The fraction of sp³-hybridized carbons (Fsp3) is 0.500. The van der Waals surface area contributed by atoms with E-state index in [1.165, 1.54) is 0 Å². The lowest BCUT2D eigenvalue weighted by atomic mass is 10.2. The van der Waals surface area contributed by atoms with Gasteiger partial charge in [0, 0.05) is 17.8 Å². The normalized spacial score (nSPS) is 21.5. The van der Waals surface area contributed by atoms with Crippen LogP contribution in [0.15, 0.2) is 28.9 Å². The van der Waals surface area contributed by atoms with E-state index in [-0.39, 0.29) is 0 Å². The van der Waals surface area contributed by atoms with Gasteiger partial charge in [-0.15, -0.1) is 0 Å². The third-order valence-electron chi connectivity index (χ3n) is 1.27. The van der Waals surface area contributed by atoms with Gasteiger partial charge in [0.2, 0.25) is 0 Å². The second-order valence-electron chi connectivity index (χ2n) is 2.33. The Bertz CT molecular complexity index is 175. The summed E-state index contributed by atoms with van der Waals surface area (Å²) < 4.78 is 0. The van der Waals surface area contributed by atoms with Crippen LogP contribution in [0.3, 0.4) is 0 Å². The molecule has 62 valence electrons. The van der Waals surface area contributed by atoms with Crippen LogP contribution in [0, 0.1) is 5.92 Å². The summed E-state index contributed by atoms with van der Waals surface area (Å²) in [4.78, 5) is 4.18. The van der Waals surface area contributed by atoms with Gasteiger partial charge in [0.15, 0.2) is 0 Å². The Morgan fingerprint density at radius 2 is 2.00 bits per heavy atom. The summed E-state index contributed by atoms with van der Waals surface area (Å²) in [6, 6.07) is 0. The molecule has 0 spiro atoms. The van der Waals surface area contributed by atoms with Crippen LogP contribution >= 0.6 is 0 Å². The van der Waals surface area contributed by atoms with E-state index in [0.717, 1.165) is 5.70 Å². The van der Waals surface area contributed by atoms with Crippen molar-refractivity contribution in [2.45, 2.75) is 27.7 Å². The fourth-order valence-corrected chi connectivity index (χ4v) is 0.698. The molecule has 0 fully saturated rings. The second-order valence-corrected chi connectivity index (χ2v) is 2.33. The van der Waals surface area contributed by atoms with Crippen molar-refractivity contribution >= 4 is 6.21 Å². The molecule has 0 aliphatic carbocycles. The summed E-state index contributed by atoms with van der Waals surface area (Å²) >= 11 is 0. The molecule has 0 aromatic rings. The van der Waals surface area contributed by atoms with Gasteiger partial charge in [-0.3, -0.25) is 4.99 Å². The maximum absolute atomic E-state index is 4.18. The highest BCUT2D eigenvalue weighted by Crippen LogP contribution is 2.03. The van der Waals surface area contributed by atoms with Crippen LogP contribution in [0.2, 0.25) is 0 Å². The van der Waals surface area contributed by atoms with Crippen molar-refractivity contribution in [3.05, 3.63) is 23.9 Å². The van der Waals surface area contributed by atoms with Gasteiger partial charge in [-0.05, 0) is 13.0 Å². The molecule has 0 amide bonds. The van der Waals surface area contributed by atoms with E-state index in [0.29, 0.717) is 5.92 Å². The summed E-state index contributed by atoms with van der Waals surface area (Å²) in [7, 11) is 0. The summed E-state index contributed by atoms with van der Waals surface area (Å²) in [5, 5.41) is 0. The van der Waals surface area contributed by atoms with Crippen LogP contribution in [0.1, 0.15) is 27.7 Å². The Labute approximate surface area is 69.5 Å². The third kappa shape index (κ3) is 4.54. The van der Waals surface area contributed by atoms with E-state index < -0.39 is 0 Å². The molecule has 0 saturated carbocycles. The van der Waals surface area contributed by atoms with Crippen molar-refractivity contribution in [3.63, 3.8) is 0 Å². The van der Waals surface area contributed by atoms with Crippen LogP contribution in [0.5, 0.6) is 0 Å². The summed E-state index contributed by atoms with van der Waals surface area (Å²) in [6.45, 7) is 8.12. The summed E-state index contributed by atoms with van der Waals surface area (Å²) in [5.74, 6) is 0.485. The zero-order chi connectivity index (χ0) is 8.69. The van der Waals surface area contributed by atoms with Gasteiger partial charge in [-0.25, -0.2) is 0 Å². The van der Waals surface area contributed by atoms with E-state index in [4.69, 9.17) is 0 Å². The van der Waals surface area contributed by atoms with Gasteiger partial charge >= 0.3 is 0 Å². The van der Waals surface area contributed by atoms with Gasteiger partial charge in [0.1, 0.15) is 0 Å². The molecule has 1 aliphatic heterocycles. The van der Waals surface area contributed by atoms with Gasteiger partial charge in [0.05, 0.1) is 0 Å².